The predicted molar refractivity (Wildman–Crippen MR) is 86.5 cm³/mol. The van der Waals surface area contributed by atoms with E-state index >= 15 is 0 Å². The molecule has 2 aromatic rings. The van der Waals surface area contributed by atoms with Gasteiger partial charge < -0.3 is 4.42 Å². The van der Waals surface area contributed by atoms with Gasteiger partial charge in [-0.2, -0.15) is 5.10 Å². The number of carbonyl (C=O) groups is 1. The molecule has 0 aliphatic carbocycles. The van der Waals surface area contributed by atoms with E-state index in [1.54, 1.807) is 18.2 Å². The zero-order valence-corrected chi connectivity index (χ0v) is 12.9. The summed E-state index contributed by atoms with van der Waals surface area (Å²) >= 11 is 7.39. The summed E-state index contributed by atoms with van der Waals surface area (Å²) in [6, 6.07) is 10.6. The van der Waals surface area contributed by atoms with Crippen molar-refractivity contribution in [3.05, 3.63) is 47.2 Å². The number of nitrogens with one attached hydrogen (secondary N) is 2. The highest BCUT2D eigenvalue weighted by atomic mass is 35.5. The van der Waals surface area contributed by atoms with Gasteiger partial charge in [0.1, 0.15) is 11.5 Å². The Hall–Kier alpha value is -1.92. The van der Waals surface area contributed by atoms with Crippen molar-refractivity contribution < 1.29 is 9.21 Å². The molecule has 0 saturated carbocycles. The van der Waals surface area contributed by atoms with Crippen molar-refractivity contribution in [3.8, 4) is 11.3 Å². The van der Waals surface area contributed by atoms with E-state index in [9.17, 15) is 4.79 Å². The van der Waals surface area contributed by atoms with E-state index in [1.807, 2.05) is 25.1 Å². The van der Waals surface area contributed by atoms with Crippen LogP contribution in [0.15, 0.2) is 45.9 Å². The van der Waals surface area contributed by atoms with Crippen LogP contribution >= 0.6 is 23.5 Å². The molecule has 0 saturated heterocycles. The molecule has 0 aliphatic heterocycles. The summed E-state index contributed by atoms with van der Waals surface area (Å²) in [4.78, 5) is 11.3. The summed E-state index contributed by atoms with van der Waals surface area (Å²) in [5.74, 6) is 1.96. The number of halogens is 1. The first-order valence-electron chi connectivity index (χ1n) is 6.26. The summed E-state index contributed by atoms with van der Waals surface area (Å²) in [5.41, 5.74) is 3.15. The minimum Gasteiger partial charge on any atom is -0.455 e. The van der Waals surface area contributed by atoms with Crippen LogP contribution in [0.3, 0.4) is 0 Å². The number of furan rings is 1. The molecule has 7 heteroatoms. The molecule has 0 fully saturated rings. The van der Waals surface area contributed by atoms with Gasteiger partial charge in [0.25, 0.3) is 0 Å². The molecule has 0 aliphatic rings. The molecule has 1 aromatic heterocycles. The van der Waals surface area contributed by atoms with Crippen molar-refractivity contribution >= 4 is 35.8 Å². The number of nitrogens with zero attached hydrogens (tertiary/aromatic N) is 1. The molecule has 2 amide bonds. The monoisotopic (exact) mass is 323 g/mol. The molecule has 2 N–H and O–H groups in total. The maximum Gasteiger partial charge on any atom is 0.345 e. The zero-order chi connectivity index (χ0) is 15.1. The molecule has 0 bridgehead atoms. The first-order chi connectivity index (χ1) is 10.2. The Balaban J connectivity index is 1.98. The van der Waals surface area contributed by atoms with Crippen LogP contribution in [-0.4, -0.2) is 18.0 Å². The Kier molecular flexibility index (Phi) is 5.71. The molecule has 2 rings (SSSR count). The molecule has 0 unspecified atom stereocenters. The van der Waals surface area contributed by atoms with Gasteiger partial charge in [-0.1, -0.05) is 30.7 Å². The average molecular weight is 324 g/mol. The highest BCUT2D eigenvalue weighted by Crippen LogP contribution is 2.28. The number of carbonyl (C=O) groups excluding carboxylic acids is 1. The van der Waals surface area contributed by atoms with Crippen LogP contribution in [0, 0.1) is 0 Å². The Morgan fingerprint density at radius 1 is 1.38 bits per heavy atom. The highest BCUT2D eigenvalue weighted by molar-refractivity contribution is 7.97. The SMILES string of the molecule is CCSNC(=O)N/N=C/c1ccc(-c2ccccc2Cl)o1. The van der Waals surface area contributed by atoms with Crippen molar-refractivity contribution in [3.63, 3.8) is 0 Å². The quantitative estimate of drug-likeness (QED) is 0.498. The maximum absolute atomic E-state index is 11.3. The Bertz CT molecular complexity index is 643. The second-order valence-electron chi connectivity index (χ2n) is 3.92. The number of rotatable bonds is 5. The topological polar surface area (TPSA) is 66.6 Å². The molecular weight excluding hydrogens is 310 g/mol. The largest absolute Gasteiger partial charge is 0.455 e. The molecule has 5 nitrogen and oxygen atoms in total. The number of urea groups is 1. The first kappa shape index (κ1) is 15.5. The molecule has 0 radical (unpaired) electrons. The Morgan fingerprint density at radius 3 is 2.95 bits per heavy atom. The third-order valence-electron chi connectivity index (χ3n) is 2.43. The minimum atomic E-state index is -0.379. The van der Waals surface area contributed by atoms with Gasteiger partial charge in [0, 0.05) is 11.3 Å². The summed E-state index contributed by atoms with van der Waals surface area (Å²) in [6.07, 6.45) is 1.43. The van der Waals surface area contributed by atoms with Crippen LogP contribution in [-0.2, 0) is 0 Å². The second-order valence-corrected chi connectivity index (χ2v) is 5.39. The minimum absolute atomic E-state index is 0.379. The van der Waals surface area contributed by atoms with E-state index < -0.39 is 0 Å². The van der Waals surface area contributed by atoms with Crippen LogP contribution in [0.25, 0.3) is 11.3 Å². The number of hydrogen-bond acceptors (Lipinski definition) is 4. The van der Waals surface area contributed by atoms with Crippen LogP contribution < -0.4 is 10.1 Å². The van der Waals surface area contributed by atoms with Gasteiger partial charge in [-0.15, -0.1) is 0 Å². The fraction of sp³-hybridized carbons (Fsp3) is 0.143. The molecule has 1 aromatic carbocycles. The molecule has 0 atom stereocenters. The maximum atomic E-state index is 11.3. The van der Waals surface area contributed by atoms with Crippen molar-refractivity contribution in [2.75, 3.05) is 5.75 Å². The molecule has 110 valence electrons. The average Bonchev–Trinajstić information content (AvgIpc) is 2.94. The van der Waals surface area contributed by atoms with Crippen LogP contribution in [0.1, 0.15) is 12.7 Å². The van der Waals surface area contributed by atoms with E-state index in [4.69, 9.17) is 16.0 Å². The van der Waals surface area contributed by atoms with Crippen molar-refractivity contribution in [2.24, 2.45) is 5.10 Å². The third-order valence-corrected chi connectivity index (χ3v) is 3.38. The van der Waals surface area contributed by atoms with Crippen LogP contribution in [0.5, 0.6) is 0 Å². The van der Waals surface area contributed by atoms with E-state index in [2.05, 4.69) is 15.2 Å². The molecule has 1 heterocycles. The number of amides is 2. The fourth-order valence-corrected chi connectivity index (χ4v) is 2.09. The lowest BCUT2D eigenvalue weighted by atomic mass is 10.2. The second kappa shape index (κ2) is 7.75. The lowest BCUT2D eigenvalue weighted by Gasteiger charge is -2.00. The van der Waals surface area contributed by atoms with Gasteiger partial charge in [-0.3, -0.25) is 4.72 Å². The van der Waals surface area contributed by atoms with Gasteiger partial charge >= 0.3 is 6.03 Å². The standard InChI is InChI=1S/C14H14ClN3O2S/c1-2-21-18-14(19)17-16-9-10-7-8-13(20-10)11-5-3-4-6-12(11)15/h3-9H,2H2,1H3,(H2,17,18,19)/b16-9+. The predicted octanol–water partition coefficient (Wildman–Crippen LogP) is 3.90. The van der Waals surface area contributed by atoms with Gasteiger partial charge in [-0.25, -0.2) is 10.2 Å². The molecular formula is C14H14ClN3O2S. The zero-order valence-electron chi connectivity index (χ0n) is 11.3. The Labute approximate surface area is 131 Å². The lowest BCUT2D eigenvalue weighted by molar-refractivity contribution is 0.247. The van der Waals surface area contributed by atoms with E-state index in [0.29, 0.717) is 16.5 Å². The van der Waals surface area contributed by atoms with Crippen LogP contribution in [0.2, 0.25) is 5.02 Å². The van der Waals surface area contributed by atoms with Crippen molar-refractivity contribution in [1.29, 1.82) is 0 Å². The Morgan fingerprint density at radius 2 is 2.19 bits per heavy atom. The van der Waals surface area contributed by atoms with Crippen molar-refractivity contribution in [1.82, 2.24) is 10.1 Å². The number of hydrogen-bond donors (Lipinski definition) is 2. The van der Waals surface area contributed by atoms with Gasteiger partial charge in [-0.05, 0) is 36.2 Å². The summed E-state index contributed by atoms with van der Waals surface area (Å²) in [5, 5.41) is 4.41. The number of hydrazone groups is 1. The highest BCUT2D eigenvalue weighted by Gasteiger charge is 2.07. The summed E-state index contributed by atoms with van der Waals surface area (Å²) in [6.45, 7) is 1.94. The van der Waals surface area contributed by atoms with Gasteiger partial charge in [0.05, 0.1) is 11.2 Å². The molecule has 21 heavy (non-hydrogen) atoms. The van der Waals surface area contributed by atoms with E-state index in [-0.39, 0.29) is 6.03 Å². The van der Waals surface area contributed by atoms with Crippen molar-refractivity contribution in [2.45, 2.75) is 6.92 Å². The smallest absolute Gasteiger partial charge is 0.345 e. The normalized spacial score (nSPS) is 10.8. The summed E-state index contributed by atoms with van der Waals surface area (Å²) in [7, 11) is 0. The van der Waals surface area contributed by atoms with Crippen LogP contribution in [0.4, 0.5) is 4.79 Å². The summed E-state index contributed by atoms with van der Waals surface area (Å²) < 4.78 is 8.16. The van der Waals surface area contributed by atoms with Gasteiger partial charge in [0.2, 0.25) is 0 Å². The third kappa shape index (κ3) is 4.54. The van der Waals surface area contributed by atoms with Gasteiger partial charge in [0.15, 0.2) is 0 Å². The number of benzene rings is 1. The molecule has 0 spiro atoms. The first-order valence-corrected chi connectivity index (χ1v) is 7.62. The fourth-order valence-electron chi connectivity index (χ4n) is 1.54. The lowest BCUT2D eigenvalue weighted by Crippen LogP contribution is -2.27. The van der Waals surface area contributed by atoms with E-state index in [1.165, 1.54) is 18.2 Å². The van der Waals surface area contributed by atoms with E-state index in [0.717, 1.165) is 11.3 Å².